The van der Waals surface area contributed by atoms with Crippen LogP contribution in [-0.4, -0.2) is 17.3 Å². The van der Waals surface area contributed by atoms with Gasteiger partial charge in [-0.25, -0.2) is 0 Å². The predicted octanol–water partition coefficient (Wildman–Crippen LogP) is 3.97. The third-order valence-corrected chi connectivity index (χ3v) is 5.08. The predicted molar refractivity (Wildman–Crippen MR) is 86.2 cm³/mol. The molecule has 0 heterocycles. The van der Waals surface area contributed by atoms with E-state index in [4.69, 9.17) is 0 Å². The average molecular weight is 422 g/mol. The largest absolute Gasteiger partial charge is 0.349 e. The Balaban J connectivity index is 1.99. The van der Waals surface area contributed by atoms with E-state index in [2.05, 4.69) is 43.8 Å². The van der Waals surface area contributed by atoms with Crippen molar-refractivity contribution in [1.82, 2.24) is 5.32 Å². The van der Waals surface area contributed by atoms with Crippen LogP contribution in [0, 0.1) is 9.49 Å². The summed E-state index contributed by atoms with van der Waals surface area (Å²) in [5, 5.41) is 4.16. The first-order valence-electron chi connectivity index (χ1n) is 6.33. The quantitative estimate of drug-likeness (QED) is 0.580. The highest BCUT2D eigenvalue weighted by atomic mass is 127. The number of amides is 1. The second kappa shape index (κ2) is 6.89. The number of carbonyl (C=O) groups is 1. The molecule has 1 aliphatic carbocycles. The molecule has 2 rings (SSSR count). The molecule has 1 saturated carbocycles. The van der Waals surface area contributed by atoms with E-state index in [1.807, 2.05) is 24.3 Å². The number of hydrogen-bond acceptors (Lipinski definition) is 1. The SMILES string of the molecule is O=C(NC1CCCCC1CBr)c1ccc(I)cc1. The van der Waals surface area contributed by atoms with Crippen molar-refractivity contribution < 1.29 is 4.79 Å². The fraction of sp³-hybridized carbons (Fsp3) is 0.500. The van der Waals surface area contributed by atoms with Crippen LogP contribution in [0.2, 0.25) is 0 Å². The van der Waals surface area contributed by atoms with Crippen molar-refractivity contribution in [2.45, 2.75) is 31.7 Å². The number of hydrogen-bond donors (Lipinski definition) is 1. The van der Waals surface area contributed by atoms with Gasteiger partial charge in [-0.2, -0.15) is 0 Å². The molecule has 1 aromatic carbocycles. The average Bonchev–Trinajstić information content (AvgIpc) is 2.40. The Hall–Kier alpha value is -0.100. The summed E-state index contributed by atoms with van der Waals surface area (Å²) in [7, 11) is 0. The molecule has 0 spiro atoms. The van der Waals surface area contributed by atoms with Crippen LogP contribution in [0.5, 0.6) is 0 Å². The van der Waals surface area contributed by atoms with E-state index >= 15 is 0 Å². The summed E-state index contributed by atoms with van der Waals surface area (Å²) < 4.78 is 1.15. The first-order chi connectivity index (χ1) is 8.70. The Labute approximate surface area is 130 Å². The molecule has 0 aliphatic heterocycles. The molecule has 18 heavy (non-hydrogen) atoms. The van der Waals surface area contributed by atoms with E-state index in [0.717, 1.165) is 20.9 Å². The Morgan fingerprint density at radius 2 is 1.94 bits per heavy atom. The number of rotatable bonds is 3. The summed E-state index contributed by atoms with van der Waals surface area (Å²) in [6.07, 6.45) is 4.82. The van der Waals surface area contributed by atoms with Gasteiger partial charge < -0.3 is 5.32 Å². The van der Waals surface area contributed by atoms with Gasteiger partial charge in [0.05, 0.1) is 0 Å². The summed E-state index contributed by atoms with van der Waals surface area (Å²) in [4.78, 5) is 12.2. The zero-order valence-corrected chi connectivity index (χ0v) is 13.9. The molecule has 1 fully saturated rings. The Bertz CT molecular complexity index is 407. The molecule has 2 nitrogen and oxygen atoms in total. The smallest absolute Gasteiger partial charge is 0.251 e. The van der Waals surface area contributed by atoms with Crippen molar-refractivity contribution in [2.24, 2.45) is 5.92 Å². The highest BCUT2D eigenvalue weighted by Crippen LogP contribution is 2.26. The molecule has 0 radical (unpaired) electrons. The van der Waals surface area contributed by atoms with E-state index in [1.54, 1.807) is 0 Å². The number of benzene rings is 1. The van der Waals surface area contributed by atoms with E-state index in [0.29, 0.717) is 12.0 Å². The lowest BCUT2D eigenvalue weighted by atomic mass is 9.86. The third kappa shape index (κ3) is 3.70. The van der Waals surface area contributed by atoms with E-state index in [1.165, 1.54) is 19.3 Å². The Morgan fingerprint density at radius 3 is 2.61 bits per heavy atom. The van der Waals surface area contributed by atoms with E-state index in [-0.39, 0.29) is 5.91 Å². The van der Waals surface area contributed by atoms with Crippen molar-refractivity contribution in [2.75, 3.05) is 5.33 Å². The van der Waals surface area contributed by atoms with Gasteiger partial charge in [-0.15, -0.1) is 0 Å². The minimum atomic E-state index is 0.0595. The third-order valence-electron chi connectivity index (χ3n) is 3.53. The summed E-state index contributed by atoms with van der Waals surface area (Å²) >= 11 is 5.80. The molecule has 1 aromatic rings. The number of alkyl halides is 1. The Kier molecular flexibility index (Phi) is 5.48. The lowest BCUT2D eigenvalue weighted by Crippen LogP contribution is -2.42. The molecule has 1 aliphatic rings. The van der Waals surface area contributed by atoms with Crippen molar-refractivity contribution in [3.05, 3.63) is 33.4 Å². The van der Waals surface area contributed by atoms with Crippen molar-refractivity contribution in [3.63, 3.8) is 0 Å². The highest BCUT2D eigenvalue weighted by Gasteiger charge is 2.25. The lowest BCUT2D eigenvalue weighted by Gasteiger charge is -2.31. The van der Waals surface area contributed by atoms with Gasteiger partial charge in [-0.3, -0.25) is 4.79 Å². The van der Waals surface area contributed by atoms with Crippen molar-refractivity contribution in [3.8, 4) is 0 Å². The van der Waals surface area contributed by atoms with Crippen molar-refractivity contribution in [1.29, 1.82) is 0 Å². The molecule has 1 amide bonds. The monoisotopic (exact) mass is 421 g/mol. The van der Waals surface area contributed by atoms with Gasteiger partial charge in [0, 0.05) is 20.5 Å². The standard InChI is InChI=1S/C14H17BrINO/c15-9-11-3-1-2-4-13(11)17-14(18)10-5-7-12(16)8-6-10/h5-8,11,13H,1-4,9H2,(H,17,18). The summed E-state index contributed by atoms with van der Waals surface area (Å²) in [5.74, 6) is 0.635. The second-order valence-corrected chi connectivity index (χ2v) is 6.68. The number of halogens is 2. The minimum Gasteiger partial charge on any atom is -0.349 e. The molecule has 4 heteroatoms. The maximum Gasteiger partial charge on any atom is 0.251 e. The van der Waals surface area contributed by atoms with Gasteiger partial charge in [0.25, 0.3) is 5.91 Å². The van der Waals surface area contributed by atoms with Gasteiger partial charge in [0.1, 0.15) is 0 Å². The van der Waals surface area contributed by atoms with E-state index in [9.17, 15) is 4.79 Å². The normalized spacial score (nSPS) is 23.7. The molecule has 1 N–H and O–H groups in total. The zero-order valence-electron chi connectivity index (χ0n) is 10.2. The Morgan fingerprint density at radius 1 is 1.28 bits per heavy atom. The summed E-state index contributed by atoms with van der Waals surface area (Å²) in [6.45, 7) is 0. The summed E-state index contributed by atoms with van der Waals surface area (Å²) in [5.41, 5.74) is 0.759. The summed E-state index contributed by atoms with van der Waals surface area (Å²) in [6, 6.07) is 8.05. The van der Waals surface area contributed by atoms with Gasteiger partial charge >= 0.3 is 0 Å². The van der Waals surface area contributed by atoms with Gasteiger partial charge in [0.2, 0.25) is 0 Å². The number of nitrogens with one attached hydrogen (secondary N) is 1. The first-order valence-corrected chi connectivity index (χ1v) is 8.53. The van der Waals surface area contributed by atoms with Crippen molar-refractivity contribution >= 4 is 44.4 Å². The maximum atomic E-state index is 12.2. The fourth-order valence-electron chi connectivity index (χ4n) is 2.44. The number of carbonyl (C=O) groups excluding carboxylic acids is 1. The fourth-order valence-corrected chi connectivity index (χ4v) is 3.57. The molecule has 0 bridgehead atoms. The minimum absolute atomic E-state index is 0.0595. The van der Waals surface area contributed by atoms with Crippen LogP contribution in [0.15, 0.2) is 24.3 Å². The van der Waals surface area contributed by atoms with Crippen LogP contribution in [0.3, 0.4) is 0 Å². The molecule has 2 unspecified atom stereocenters. The van der Waals surface area contributed by atoms with Gasteiger partial charge in [0.15, 0.2) is 0 Å². The van der Waals surface area contributed by atoms with Gasteiger partial charge in [-0.05, 0) is 65.6 Å². The lowest BCUT2D eigenvalue weighted by molar-refractivity contribution is 0.0911. The van der Waals surface area contributed by atoms with Gasteiger partial charge in [-0.1, -0.05) is 28.8 Å². The van der Waals surface area contributed by atoms with Crippen LogP contribution in [0.25, 0.3) is 0 Å². The van der Waals surface area contributed by atoms with Crippen LogP contribution >= 0.6 is 38.5 Å². The first kappa shape index (κ1) is 14.3. The molecule has 98 valence electrons. The second-order valence-electron chi connectivity index (χ2n) is 4.79. The molecular weight excluding hydrogens is 405 g/mol. The molecular formula is C14H17BrINO. The molecule has 0 saturated heterocycles. The highest BCUT2D eigenvalue weighted by molar-refractivity contribution is 14.1. The molecule has 0 aromatic heterocycles. The van der Waals surface area contributed by atoms with Crippen LogP contribution < -0.4 is 5.32 Å². The van der Waals surface area contributed by atoms with E-state index < -0.39 is 0 Å². The van der Waals surface area contributed by atoms with Crippen LogP contribution in [0.1, 0.15) is 36.0 Å². The molecule has 2 atom stereocenters. The van der Waals surface area contributed by atoms with Crippen LogP contribution in [0.4, 0.5) is 0 Å². The zero-order chi connectivity index (χ0) is 13.0. The topological polar surface area (TPSA) is 29.1 Å². The maximum absolute atomic E-state index is 12.2. The van der Waals surface area contributed by atoms with Crippen LogP contribution in [-0.2, 0) is 0 Å².